The number of pyridine rings is 1. The van der Waals surface area contributed by atoms with Gasteiger partial charge >= 0.3 is 0 Å². The first-order chi connectivity index (χ1) is 9.81. The van der Waals surface area contributed by atoms with E-state index in [0.29, 0.717) is 0 Å². The Kier molecular flexibility index (Phi) is 3.70. The van der Waals surface area contributed by atoms with Crippen molar-refractivity contribution < 1.29 is 0 Å². The standard InChI is InChI=1S/C16H16ClN3/c1-2-3-8-14-15(17)12-6-4-5-7-13(12)16(19-14)20-10-9-18-11-20/h4-7,9-11H,2-3,8H2,1H3. The molecule has 0 amide bonds. The molecule has 0 saturated carbocycles. The molecule has 0 unspecified atom stereocenters. The van der Waals surface area contributed by atoms with Crippen molar-refractivity contribution in [1.29, 1.82) is 0 Å². The van der Waals surface area contributed by atoms with E-state index in [1.807, 2.05) is 29.0 Å². The molecule has 20 heavy (non-hydrogen) atoms. The van der Waals surface area contributed by atoms with Crippen LogP contribution in [0.1, 0.15) is 25.5 Å². The summed E-state index contributed by atoms with van der Waals surface area (Å²) in [7, 11) is 0. The number of unbranched alkanes of at least 4 members (excludes halogenated alkanes) is 1. The molecule has 0 aliphatic rings. The third kappa shape index (κ3) is 2.29. The van der Waals surface area contributed by atoms with Gasteiger partial charge in [-0.15, -0.1) is 0 Å². The number of nitrogens with zero attached hydrogens (tertiary/aromatic N) is 3. The maximum atomic E-state index is 6.52. The number of fused-ring (bicyclic) bond motifs is 1. The molecule has 0 aliphatic carbocycles. The summed E-state index contributed by atoms with van der Waals surface area (Å²) in [6.07, 6.45) is 8.57. The molecule has 2 aromatic heterocycles. The fraction of sp³-hybridized carbons (Fsp3) is 0.250. The molecule has 3 nitrogen and oxygen atoms in total. The van der Waals surface area contributed by atoms with Crippen LogP contribution in [0.4, 0.5) is 0 Å². The summed E-state index contributed by atoms with van der Waals surface area (Å²) >= 11 is 6.52. The summed E-state index contributed by atoms with van der Waals surface area (Å²) in [4.78, 5) is 8.88. The number of aryl methyl sites for hydroxylation is 1. The first-order valence-corrected chi connectivity index (χ1v) is 7.24. The maximum Gasteiger partial charge on any atom is 0.146 e. The average molecular weight is 286 g/mol. The van der Waals surface area contributed by atoms with E-state index in [1.165, 1.54) is 0 Å². The van der Waals surface area contributed by atoms with Crippen LogP contribution in [0.5, 0.6) is 0 Å². The first-order valence-electron chi connectivity index (χ1n) is 6.86. The molecule has 0 fully saturated rings. The Balaban J connectivity index is 2.24. The van der Waals surface area contributed by atoms with Gasteiger partial charge in [0, 0.05) is 23.2 Å². The Morgan fingerprint density at radius 2 is 2.00 bits per heavy atom. The van der Waals surface area contributed by atoms with Crippen LogP contribution in [0.15, 0.2) is 43.0 Å². The van der Waals surface area contributed by atoms with Crippen LogP contribution in [0, 0.1) is 0 Å². The third-order valence-corrected chi connectivity index (χ3v) is 3.84. The summed E-state index contributed by atoms with van der Waals surface area (Å²) in [5, 5.41) is 2.88. The summed E-state index contributed by atoms with van der Waals surface area (Å²) < 4.78 is 1.94. The van der Waals surface area contributed by atoms with E-state index < -0.39 is 0 Å². The van der Waals surface area contributed by atoms with Crippen molar-refractivity contribution >= 4 is 22.4 Å². The Morgan fingerprint density at radius 1 is 1.20 bits per heavy atom. The number of hydrogen-bond donors (Lipinski definition) is 0. The van der Waals surface area contributed by atoms with Crippen molar-refractivity contribution in [3.05, 3.63) is 53.7 Å². The number of imidazole rings is 1. The van der Waals surface area contributed by atoms with Gasteiger partial charge in [-0.1, -0.05) is 49.2 Å². The van der Waals surface area contributed by atoms with Gasteiger partial charge in [-0.05, 0) is 12.8 Å². The van der Waals surface area contributed by atoms with E-state index in [2.05, 4.69) is 18.0 Å². The lowest BCUT2D eigenvalue weighted by Crippen LogP contribution is -2.01. The van der Waals surface area contributed by atoms with Gasteiger partial charge in [0.25, 0.3) is 0 Å². The van der Waals surface area contributed by atoms with Crippen molar-refractivity contribution in [1.82, 2.24) is 14.5 Å². The molecule has 0 N–H and O–H groups in total. The van der Waals surface area contributed by atoms with Crippen LogP contribution in [-0.2, 0) is 6.42 Å². The highest BCUT2D eigenvalue weighted by Crippen LogP contribution is 2.30. The van der Waals surface area contributed by atoms with Gasteiger partial charge < -0.3 is 0 Å². The van der Waals surface area contributed by atoms with Crippen LogP contribution in [0.3, 0.4) is 0 Å². The second kappa shape index (κ2) is 5.63. The lowest BCUT2D eigenvalue weighted by Gasteiger charge is -2.12. The van der Waals surface area contributed by atoms with Crippen molar-refractivity contribution in [2.75, 3.05) is 0 Å². The molecule has 0 aliphatic heterocycles. The lowest BCUT2D eigenvalue weighted by molar-refractivity contribution is 0.774. The van der Waals surface area contributed by atoms with Gasteiger partial charge in [-0.25, -0.2) is 9.97 Å². The van der Waals surface area contributed by atoms with Crippen molar-refractivity contribution in [2.24, 2.45) is 0 Å². The predicted octanol–water partition coefficient (Wildman–Crippen LogP) is 4.42. The van der Waals surface area contributed by atoms with Crippen molar-refractivity contribution in [2.45, 2.75) is 26.2 Å². The third-order valence-electron chi connectivity index (χ3n) is 3.41. The number of hydrogen-bond acceptors (Lipinski definition) is 2. The predicted molar refractivity (Wildman–Crippen MR) is 82.5 cm³/mol. The van der Waals surface area contributed by atoms with Gasteiger partial charge in [0.05, 0.1) is 10.7 Å². The summed E-state index contributed by atoms with van der Waals surface area (Å²) in [5.41, 5.74) is 0.968. The minimum absolute atomic E-state index is 0.776. The Hall–Kier alpha value is -1.87. The molecule has 102 valence electrons. The number of aromatic nitrogens is 3. The fourth-order valence-corrected chi connectivity index (χ4v) is 2.65. The minimum Gasteiger partial charge on any atom is -0.290 e. The zero-order chi connectivity index (χ0) is 13.9. The fourth-order valence-electron chi connectivity index (χ4n) is 2.35. The number of benzene rings is 1. The van der Waals surface area contributed by atoms with Gasteiger partial charge in [0.1, 0.15) is 12.1 Å². The largest absolute Gasteiger partial charge is 0.290 e. The monoisotopic (exact) mass is 285 g/mol. The summed E-state index contributed by atoms with van der Waals surface area (Å²) in [6, 6.07) is 8.12. The zero-order valence-corrected chi connectivity index (χ0v) is 12.1. The van der Waals surface area contributed by atoms with E-state index in [4.69, 9.17) is 16.6 Å². The van der Waals surface area contributed by atoms with Gasteiger partial charge in [-0.3, -0.25) is 4.57 Å². The molecule has 0 saturated heterocycles. The normalized spacial score (nSPS) is 11.1. The number of rotatable bonds is 4. The first kappa shape index (κ1) is 13.1. The smallest absolute Gasteiger partial charge is 0.146 e. The lowest BCUT2D eigenvalue weighted by atomic mass is 10.1. The molecule has 1 aromatic carbocycles. The van der Waals surface area contributed by atoms with E-state index in [-0.39, 0.29) is 0 Å². The van der Waals surface area contributed by atoms with Crippen molar-refractivity contribution in [3.8, 4) is 5.82 Å². The van der Waals surface area contributed by atoms with Crippen LogP contribution in [0.25, 0.3) is 16.6 Å². The van der Waals surface area contributed by atoms with E-state index in [0.717, 1.165) is 46.6 Å². The highest BCUT2D eigenvalue weighted by molar-refractivity contribution is 6.36. The minimum atomic E-state index is 0.776. The molecular weight excluding hydrogens is 270 g/mol. The Labute approximate surface area is 123 Å². The second-order valence-corrected chi connectivity index (χ2v) is 5.19. The molecule has 3 aromatic rings. The van der Waals surface area contributed by atoms with Crippen LogP contribution < -0.4 is 0 Å². The zero-order valence-electron chi connectivity index (χ0n) is 11.4. The van der Waals surface area contributed by atoms with E-state index in [9.17, 15) is 0 Å². The quantitative estimate of drug-likeness (QED) is 0.710. The van der Waals surface area contributed by atoms with Crippen molar-refractivity contribution in [3.63, 3.8) is 0 Å². The van der Waals surface area contributed by atoms with E-state index >= 15 is 0 Å². The highest BCUT2D eigenvalue weighted by Gasteiger charge is 2.12. The van der Waals surface area contributed by atoms with Gasteiger partial charge in [0.15, 0.2) is 0 Å². The van der Waals surface area contributed by atoms with Crippen LogP contribution >= 0.6 is 11.6 Å². The molecule has 0 radical (unpaired) electrons. The summed E-state index contributed by atoms with van der Waals surface area (Å²) in [5.74, 6) is 0.897. The molecule has 2 heterocycles. The Morgan fingerprint density at radius 3 is 2.70 bits per heavy atom. The van der Waals surface area contributed by atoms with Gasteiger partial charge in [-0.2, -0.15) is 0 Å². The molecular formula is C16H16ClN3. The van der Waals surface area contributed by atoms with Crippen LogP contribution in [-0.4, -0.2) is 14.5 Å². The highest BCUT2D eigenvalue weighted by atomic mass is 35.5. The molecule has 3 rings (SSSR count). The SMILES string of the molecule is CCCCc1nc(-n2ccnc2)c2ccccc2c1Cl. The average Bonchev–Trinajstić information content (AvgIpc) is 3.01. The topological polar surface area (TPSA) is 30.7 Å². The maximum absolute atomic E-state index is 6.52. The molecule has 0 atom stereocenters. The molecule has 0 bridgehead atoms. The van der Waals surface area contributed by atoms with Crippen LogP contribution in [0.2, 0.25) is 5.02 Å². The van der Waals surface area contributed by atoms with E-state index in [1.54, 1.807) is 12.5 Å². The molecule has 0 spiro atoms. The Bertz CT molecular complexity index is 720. The number of halogens is 1. The molecule has 4 heteroatoms. The van der Waals surface area contributed by atoms with Gasteiger partial charge in [0.2, 0.25) is 0 Å². The second-order valence-electron chi connectivity index (χ2n) is 4.82. The summed E-state index contributed by atoms with van der Waals surface area (Å²) in [6.45, 7) is 2.17.